The summed E-state index contributed by atoms with van der Waals surface area (Å²) in [5.41, 5.74) is 15.2. The van der Waals surface area contributed by atoms with E-state index < -0.39 is 5.97 Å². The molecule has 0 saturated heterocycles. The van der Waals surface area contributed by atoms with Crippen LogP contribution in [0.2, 0.25) is 0 Å². The van der Waals surface area contributed by atoms with Gasteiger partial charge in [0.05, 0.1) is 0 Å². The van der Waals surface area contributed by atoms with Crippen molar-refractivity contribution in [3.8, 4) is 44.5 Å². The number of carbonyl (C=O) groups is 1. The number of nitrogens with one attached hydrogen (secondary N) is 2. The van der Waals surface area contributed by atoms with Crippen molar-refractivity contribution in [2.75, 3.05) is 7.11 Å². The molecule has 249 valence electrons. The van der Waals surface area contributed by atoms with E-state index in [2.05, 4.69) is 107 Å². The second kappa shape index (κ2) is 13.6. The first-order chi connectivity index (χ1) is 26.1. The van der Waals surface area contributed by atoms with Crippen LogP contribution in [-0.4, -0.2) is 33.0 Å². The quantitative estimate of drug-likeness (QED) is 0.136. The van der Waals surface area contributed by atoms with Gasteiger partial charge in [-0.1, -0.05) is 0 Å². The molecule has 9 rings (SSSR count). The van der Waals surface area contributed by atoms with Crippen molar-refractivity contribution in [3.63, 3.8) is 0 Å². The van der Waals surface area contributed by atoms with Gasteiger partial charge in [-0.15, -0.1) is 0 Å². The summed E-state index contributed by atoms with van der Waals surface area (Å²) in [6.07, 6.45) is 8.34. The van der Waals surface area contributed by atoms with Crippen LogP contribution < -0.4 is 4.16 Å². The molecule has 8 bridgehead atoms. The van der Waals surface area contributed by atoms with E-state index in [9.17, 15) is 4.79 Å². The first-order valence-electron chi connectivity index (χ1n) is 17.4. The van der Waals surface area contributed by atoms with Crippen molar-refractivity contribution in [3.05, 3.63) is 162 Å². The third kappa shape index (κ3) is 5.85. The van der Waals surface area contributed by atoms with Crippen LogP contribution in [0, 0.1) is 0 Å². The van der Waals surface area contributed by atoms with Crippen molar-refractivity contribution in [2.24, 2.45) is 0 Å². The molecular weight excluding hydrogens is 706 g/mol. The Morgan fingerprint density at radius 2 is 0.981 bits per heavy atom. The van der Waals surface area contributed by atoms with E-state index in [1.165, 1.54) is 7.11 Å². The Bertz CT molecular complexity index is 2780. The van der Waals surface area contributed by atoms with Gasteiger partial charge in [-0.25, -0.2) is 0 Å². The maximum atomic E-state index is 13.3. The standard InChI is InChI=1S/C46H31N4O2.Zn/c1-52-46(51)33-20-12-11-19-32(33)45-40-27-25-38(49-40)43(30-15-7-3-8-16-30)36-23-21-34(47-36)42(29-13-5-2-6-14-29)35-22-24-37(48-35)44(31-17-9-4-10-18-31)39-26-28-41(45)50-39;/h2-25,27-28,47,50H,1H3;. The first kappa shape index (κ1) is 32.5. The van der Waals surface area contributed by atoms with Crippen LogP contribution in [0.4, 0.5) is 0 Å². The Hall–Kier alpha value is -6.43. The summed E-state index contributed by atoms with van der Waals surface area (Å²) in [6, 6.07) is 45.2. The number of aromatic nitrogens is 4. The summed E-state index contributed by atoms with van der Waals surface area (Å²) in [5.74, 6) is -0.407. The fourth-order valence-corrected chi connectivity index (χ4v) is 8.34. The first-order valence-corrected chi connectivity index (χ1v) is 18.9. The number of benzene rings is 4. The summed E-state index contributed by atoms with van der Waals surface area (Å²) in [6.45, 7) is 0. The van der Waals surface area contributed by atoms with Gasteiger partial charge in [-0.05, 0) is 0 Å². The number of esters is 1. The molecule has 0 spiro atoms. The summed E-state index contributed by atoms with van der Waals surface area (Å²) < 4.78 is 6.44. The fourth-order valence-electron chi connectivity index (χ4n) is 7.35. The second-order valence-electron chi connectivity index (χ2n) is 12.9. The number of H-pyrrole nitrogens is 2. The van der Waals surface area contributed by atoms with Gasteiger partial charge in [0.15, 0.2) is 0 Å². The molecule has 0 amide bonds. The van der Waals surface area contributed by atoms with Crippen LogP contribution in [-0.2, 0) is 23.0 Å². The Labute approximate surface area is 316 Å². The molecule has 2 aliphatic heterocycles. The van der Waals surface area contributed by atoms with Gasteiger partial charge in [0.1, 0.15) is 0 Å². The molecule has 5 heterocycles. The molecule has 0 radical (unpaired) electrons. The van der Waals surface area contributed by atoms with E-state index in [1.807, 2.05) is 54.6 Å². The molecule has 7 heteroatoms. The molecule has 0 atom stereocenters. The molecule has 0 aliphatic carbocycles. The number of fused-ring (bicyclic) bond motifs is 8. The van der Waals surface area contributed by atoms with Crippen LogP contribution >= 0.6 is 0 Å². The zero-order valence-corrected chi connectivity index (χ0v) is 31.9. The average Bonchev–Trinajstić information content (AvgIpc) is 4.04. The van der Waals surface area contributed by atoms with Crippen molar-refractivity contribution in [1.82, 2.24) is 19.9 Å². The molecule has 0 fully saturated rings. The molecule has 2 aliphatic rings. The van der Waals surface area contributed by atoms with Crippen molar-refractivity contribution < 1.29 is 27.8 Å². The predicted molar refractivity (Wildman–Crippen MR) is 212 cm³/mol. The van der Waals surface area contributed by atoms with Gasteiger partial charge < -0.3 is 0 Å². The minimum atomic E-state index is -0.407. The third-order valence-electron chi connectivity index (χ3n) is 9.74. The molecule has 6 nitrogen and oxygen atoms in total. The Kier molecular flexibility index (Phi) is 8.34. The summed E-state index contributed by atoms with van der Waals surface area (Å²) in [5, 5.41) is 0. The SMILES string of the molecule is COC(=O)c1ccccc1-c1c2nc(c(-c3ccccc3)c3ccc([nH]3)c(-c3ccccc3)c3nc(c(-c4ccccc4)c4[nH]c1c[c]4[Zn])C=C3)C=C2. The number of nitrogens with zero attached hydrogens (tertiary/aromatic N) is 2. The van der Waals surface area contributed by atoms with Gasteiger partial charge in [0, 0.05) is 0 Å². The summed E-state index contributed by atoms with van der Waals surface area (Å²) >= 11 is 0.889. The topological polar surface area (TPSA) is 83.7 Å². The van der Waals surface area contributed by atoms with E-state index >= 15 is 0 Å². The number of methoxy groups -OCH3 is 1. The van der Waals surface area contributed by atoms with Crippen molar-refractivity contribution in [1.29, 1.82) is 0 Å². The van der Waals surface area contributed by atoms with Crippen LogP contribution in [0.25, 0.3) is 90.9 Å². The zero-order chi connectivity index (χ0) is 35.9. The summed E-state index contributed by atoms with van der Waals surface area (Å²) in [4.78, 5) is 31.6. The molecule has 0 unspecified atom stereocenters. The van der Waals surface area contributed by atoms with Gasteiger partial charge in [-0.2, -0.15) is 0 Å². The van der Waals surface area contributed by atoms with E-state index in [1.54, 1.807) is 6.07 Å². The number of ether oxygens (including phenoxy) is 1. The number of hydrogen-bond acceptors (Lipinski definition) is 4. The molecule has 0 saturated carbocycles. The van der Waals surface area contributed by atoms with Crippen LogP contribution in [0.15, 0.2) is 133 Å². The zero-order valence-electron chi connectivity index (χ0n) is 28.9. The Morgan fingerprint density at radius 3 is 1.51 bits per heavy atom. The molecule has 4 aromatic carbocycles. The number of carbonyl (C=O) groups excluding carboxylic acids is 1. The second-order valence-corrected chi connectivity index (χ2v) is 14.5. The molecule has 7 aromatic rings. The minimum absolute atomic E-state index is 0.407. The molecular formula is C46H31N4O2Zn. The van der Waals surface area contributed by atoms with Gasteiger partial charge in [0.25, 0.3) is 0 Å². The normalized spacial score (nSPS) is 11.9. The third-order valence-corrected chi connectivity index (χ3v) is 10.9. The van der Waals surface area contributed by atoms with Crippen LogP contribution in [0.1, 0.15) is 33.1 Å². The Balaban J connectivity index is 1.51. The predicted octanol–water partition coefficient (Wildman–Crippen LogP) is 10.3. The number of hydrogen-bond donors (Lipinski definition) is 2. The Morgan fingerprint density at radius 1 is 0.528 bits per heavy atom. The van der Waals surface area contributed by atoms with E-state index in [0.29, 0.717) is 5.56 Å². The van der Waals surface area contributed by atoms with Crippen LogP contribution in [0.3, 0.4) is 0 Å². The molecule has 2 N–H and O–H groups in total. The number of aromatic amines is 2. The van der Waals surface area contributed by atoms with Crippen LogP contribution in [0.5, 0.6) is 0 Å². The number of rotatable bonds is 5. The maximum absolute atomic E-state index is 13.3. The van der Waals surface area contributed by atoms with Gasteiger partial charge in [-0.3, -0.25) is 0 Å². The fraction of sp³-hybridized carbons (Fsp3) is 0.0217. The van der Waals surface area contributed by atoms with Gasteiger partial charge in [0.2, 0.25) is 0 Å². The monoisotopic (exact) mass is 735 g/mol. The summed E-state index contributed by atoms with van der Waals surface area (Å²) in [7, 11) is 1.41. The van der Waals surface area contributed by atoms with Crippen molar-refractivity contribution >= 4 is 56.5 Å². The van der Waals surface area contributed by atoms with E-state index in [0.717, 1.165) is 112 Å². The average molecular weight is 737 g/mol. The van der Waals surface area contributed by atoms with E-state index in [-0.39, 0.29) is 0 Å². The molecule has 3 aromatic heterocycles. The molecule has 53 heavy (non-hydrogen) atoms. The van der Waals surface area contributed by atoms with Crippen molar-refractivity contribution in [2.45, 2.75) is 0 Å². The van der Waals surface area contributed by atoms with E-state index in [4.69, 9.17) is 14.7 Å². The van der Waals surface area contributed by atoms with Gasteiger partial charge >= 0.3 is 318 Å².